The van der Waals surface area contributed by atoms with Gasteiger partial charge in [-0.15, -0.1) is 0 Å². The van der Waals surface area contributed by atoms with Gasteiger partial charge in [0.25, 0.3) is 0 Å². The number of nitrogens with zero attached hydrogens (tertiary/aromatic N) is 1. The second-order valence-electron chi connectivity index (χ2n) is 3.64. The Morgan fingerprint density at radius 3 is 2.81 bits per heavy atom. The highest BCUT2D eigenvalue weighted by Crippen LogP contribution is 2.19. The smallest absolute Gasteiger partial charge is 0.311 e. The third-order valence-corrected chi connectivity index (χ3v) is 2.43. The number of hydrogen-bond acceptors (Lipinski definition) is 4. The van der Waals surface area contributed by atoms with Crippen LogP contribution >= 0.6 is 0 Å². The molecule has 1 unspecified atom stereocenters. The predicted octanol–water partition coefficient (Wildman–Crippen LogP) is -0.127. The number of likely N-dealkylation sites (tertiary alicyclic amines) is 1. The van der Waals surface area contributed by atoms with E-state index in [0.29, 0.717) is 6.61 Å². The largest absolute Gasteiger partial charge is 0.481 e. The minimum atomic E-state index is -0.951. The number of rotatable bonds is 5. The molecular weight excluding hydrogens is 214 g/mol. The van der Waals surface area contributed by atoms with Gasteiger partial charge in [-0.3, -0.25) is 14.4 Å². The lowest BCUT2D eigenvalue weighted by Crippen LogP contribution is -2.29. The van der Waals surface area contributed by atoms with Gasteiger partial charge in [0.15, 0.2) is 0 Å². The monoisotopic (exact) mass is 229 g/mol. The number of carboxylic acids is 1. The minimum Gasteiger partial charge on any atom is -0.481 e. The zero-order valence-electron chi connectivity index (χ0n) is 9.14. The summed E-state index contributed by atoms with van der Waals surface area (Å²) in [5, 5.41) is 8.49. The van der Waals surface area contributed by atoms with E-state index in [1.165, 1.54) is 4.90 Å². The van der Waals surface area contributed by atoms with Crippen molar-refractivity contribution in [3.63, 3.8) is 0 Å². The van der Waals surface area contributed by atoms with Crippen LogP contribution in [0.3, 0.4) is 0 Å². The lowest BCUT2D eigenvalue weighted by Gasteiger charge is -2.14. The molecule has 6 heteroatoms. The highest BCUT2D eigenvalue weighted by atomic mass is 16.5. The molecule has 1 aliphatic rings. The van der Waals surface area contributed by atoms with Gasteiger partial charge in [0.2, 0.25) is 5.91 Å². The van der Waals surface area contributed by atoms with Gasteiger partial charge in [-0.1, -0.05) is 0 Å². The van der Waals surface area contributed by atoms with E-state index >= 15 is 0 Å². The summed E-state index contributed by atoms with van der Waals surface area (Å²) in [6.07, 6.45) is 0.0275. The Hall–Kier alpha value is -1.59. The Bertz CT molecular complexity index is 302. The van der Waals surface area contributed by atoms with Gasteiger partial charge in [0.05, 0.1) is 18.9 Å². The van der Waals surface area contributed by atoms with Gasteiger partial charge in [-0.25, -0.2) is 0 Å². The summed E-state index contributed by atoms with van der Waals surface area (Å²) in [6, 6.07) is 0. The van der Waals surface area contributed by atoms with Gasteiger partial charge in [-0.05, 0) is 6.92 Å². The summed E-state index contributed by atoms with van der Waals surface area (Å²) in [6.45, 7) is 2.42. The Morgan fingerprint density at radius 1 is 1.56 bits per heavy atom. The number of esters is 1. The van der Waals surface area contributed by atoms with E-state index in [1.54, 1.807) is 6.92 Å². The van der Waals surface area contributed by atoms with Crippen LogP contribution in [0.5, 0.6) is 0 Å². The van der Waals surface area contributed by atoms with Gasteiger partial charge >= 0.3 is 11.9 Å². The summed E-state index contributed by atoms with van der Waals surface area (Å²) >= 11 is 0. The molecule has 1 N–H and O–H groups in total. The van der Waals surface area contributed by atoms with E-state index in [2.05, 4.69) is 0 Å². The molecule has 1 heterocycles. The quantitative estimate of drug-likeness (QED) is 0.664. The van der Waals surface area contributed by atoms with Crippen LogP contribution in [0.15, 0.2) is 0 Å². The highest BCUT2D eigenvalue weighted by Gasteiger charge is 2.35. The fourth-order valence-corrected chi connectivity index (χ4v) is 1.64. The maximum absolute atomic E-state index is 11.4. The number of hydrogen-bond donors (Lipinski definition) is 1. The van der Waals surface area contributed by atoms with Crippen LogP contribution < -0.4 is 0 Å². The first-order valence-corrected chi connectivity index (χ1v) is 5.20. The van der Waals surface area contributed by atoms with Crippen LogP contribution in [0.25, 0.3) is 0 Å². The molecule has 1 saturated heterocycles. The van der Waals surface area contributed by atoms with Gasteiger partial charge in [0.1, 0.15) is 0 Å². The van der Waals surface area contributed by atoms with Crippen LogP contribution in [-0.2, 0) is 19.1 Å². The Morgan fingerprint density at radius 2 is 2.25 bits per heavy atom. The van der Waals surface area contributed by atoms with Crippen molar-refractivity contribution in [2.45, 2.75) is 19.8 Å². The average molecular weight is 229 g/mol. The molecule has 0 aromatic carbocycles. The fourth-order valence-electron chi connectivity index (χ4n) is 1.64. The summed E-state index contributed by atoms with van der Waals surface area (Å²) in [7, 11) is 0. The van der Waals surface area contributed by atoms with Crippen LogP contribution in [0.4, 0.5) is 0 Å². The van der Waals surface area contributed by atoms with Crippen molar-refractivity contribution in [1.29, 1.82) is 0 Å². The molecule has 16 heavy (non-hydrogen) atoms. The van der Waals surface area contributed by atoms with E-state index in [1.807, 2.05) is 0 Å². The number of carboxylic acid groups (broad SMARTS) is 1. The fraction of sp³-hybridized carbons (Fsp3) is 0.700. The lowest BCUT2D eigenvalue weighted by molar-refractivity contribution is -0.147. The van der Waals surface area contributed by atoms with Crippen molar-refractivity contribution in [2.75, 3.05) is 19.7 Å². The molecule has 0 aromatic rings. The van der Waals surface area contributed by atoms with Gasteiger partial charge in [0, 0.05) is 19.5 Å². The number of ether oxygens (including phenoxy) is 1. The highest BCUT2D eigenvalue weighted by molar-refractivity contribution is 5.87. The summed E-state index contributed by atoms with van der Waals surface area (Å²) in [4.78, 5) is 34.5. The zero-order valence-corrected chi connectivity index (χ0v) is 9.14. The van der Waals surface area contributed by atoms with Crippen molar-refractivity contribution in [1.82, 2.24) is 4.90 Å². The van der Waals surface area contributed by atoms with Crippen molar-refractivity contribution in [3.05, 3.63) is 0 Å². The van der Waals surface area contributed by atoms with Crippen LogP contribution in [0.1, 0.15) is 19.8 Å². The topological polar surface area (TPSA) is 83.9 Å². The first-order valence-electron chi connectivity index (χ1n) is 5.20. The molecule has 0 radical (unpaired) electrons. The number of carbonyl (C=O) groups excluding carboxylic acids is 2. The molecule has 0 saturated carbocycles. The molecule has 1 atom stereocenters. The minimum absolute atomic E-state index is 0.0959. The van der Waals surface area contributed by atoms with E-state index in [4.69, 9.17) is 9.84 Å². The van der Waals surface area contributed by atoms with Crippen molar-refractivity contribution in [2.24, 2.45) is 5.92 Å². The molecule has 1 rings (SSSR count). The molecule has 0 aliphatic carbocycles. The molecule has 1 fully saturated rings. The van der Waals surface area contributed by atoms with E-state index in [0.717, 1.165) is 0 Å². The van der Waals surface area contributed by atoms with E-state index in [-0.39, 0.29) is 37.8 Å². The maximum Gasteiger partial charge on any atom is 0.311 e. The maximum atomic E-state index is 11.4. The standard InChI is InChI=1S/C10H15NO5/c1-2-16-10(15)7-5-8(12)11(6-7)4-3-9(13)14/h7H,2-6H2,1H3,(H,13,14). The molecular formula is C10H15NO5. The second-order valence-corrected chi connectivity index (χ2v) is 3.64. The van der Waals surface area contributed by atoms with Crippen LogP contribution in [-0.4, -0.2) is 47.5 Å². The zero-order chi connectivity index (χ0) is 12.1. The van der Waals surface area contributed by atoms with E-state index in [9.17, 15) is 14.4 Å². The van der Waals surface area contributed by atoms with Crippen molar-refractivity contribution >= 4 is 17.8 Å². The molecule has 0 spiro atoms. The average Bonchev–Trinajstić information content (AvgIpc) is 2.57. The Kier molecular flexibility index (Phi) is 4.28. The van der Waals surface area contributed by atoms with Crippen molar-refractivity contribution in [3.8, 4) is 0 Å². The molecule has 0 aromatic heterocycles. The third kappa shape index (κ3) is 3.22. The Balaban J connectivity index is 2.44. The normalized spacial score (nSPS) is 19.9. The molecule has 6 nitrogen and oxygen atoms in total. The third-order valence-electron chi connectivity index (χ3n) is 2.43. The molecule has 90 valence electrons. The van der Waals surface area contributed by atoms with Crippen LogP contribution in [0.2, 0.25) is 0 Å². The van der Waals surface area contributed by atoms with Crippen LogP contribution in [0, 0.1) is 5.92 Å². The summed E-state index contributed by atoms with van der Waals surface area (Å²) < 4.78 is 4.81. The van der Waals surface area contributed by atoms with Gasteiger partial charge < -0.3 is 14.7 Å². The predicted molar refractivity (Wildman–Crippen MR) is 53.6 cm³/mol. The lowest BCUT2D eigenvalue weighted by atomic mass is 10.1. The molecule has 1 amide bonds. The summed E-state index contributed by atoms with van der Waals surface area (Å²) in [5.41, 5.74) is 0. The van der Waals surface area contributed by atoms with Gasteiger partial charge in [-0.2, -0.15) is 0 Å². The molecule has 1 aliphatic heterocycles. The second kappa shape index (κ2) is 5.48. The van der Waals surface area contributed by atoms with Crippen molar-refractivity contribution < 1.29 is 24.2 Å². The summed E-state index contributed by atoms with van der Waals surface area (Å²) in [5.74, 6) is -1.96. The number of amides is 1. The Labute approximate surface area is 93.2 Å². The number of aliphatic carboxylic acids is 1. The SMILES string of the molecule is CCOC(=O)C1CC(=O)N(CCC(=O)O)C1. The number of carbonyl (C=O) groups is 3. The first kappa shape index (κ1) is 12.5. The first-order chi connectivity index (χ1) is 7.54. The van der Waals surface area contributed by atoms with E-state index < -0.39 is 11.9 Å². The molecule has 0 bridgehead atoms.